The first-order valence-electron chi connectivity index (χ1n) is 5.91. The molecule has 1 fully saturated rings. The van der Waals surface area contributed by atoms with Crippen LogP contribution in [0.5, 0.6) is 0 Å². The Kier molecular flexibility index (Phi) is 4.30. The summed E-state index contributed by atoms with van der Waals surface area (Å²) in [5.74, 6) is -1.09. The number of benzene rings is 1. The van der Waals surface area contributed by atoms with Crippen LogP contribution in [0, 0.1) is 5.41 Å². The number of aliphatic carboxylic acids is 1. The van der Waals surface area contributed by atoms with Crippen LogP contribution in [0.2, 0.25) is 0 Å². The van der Waals surface area contributed by atoms with Crippen molar-refractivity contribution < 1.29 is 14.7 Å². The minimum absolute atomic E-state index is 0.181. The molecule has 0 radical (unpaired) electrons. The third-order valence-electron chi connectivity index (χ3n) is 3.52. The van der Waals surface area contributed by atoms with E-state index in [0.717, 1.165) is 10.9 Å². The fraction of sp³-hybridized carbons (Fsp3) is 0.385. The molecule has 1 aromatic rings. The minimum atomic E-state index is -0.827. The topological polar surface area (TPSA) is 66.4 Å². The van der Waals surface area contributed by atoms with Gasteiger partial charge in [0.1, 0.15) is 0 Å². The summed E-state index contributed by atoms with van der Waals surface area (Å²) in [6.45, 7) is 0.181. The minimum Gasteiger partial charge on any atom is -0.481 e. The number of hydrogen-bond acceptors (Lipinski definition) is 2. The number of carbonyl (C=O) groups excluding carboxylic acids is 1. The molecule has 1 aromatic carbocycles. The second kappa shape index (κ2) is 5.63. The first kappa shape index (κ1) is 14.5. The van der Waals surface area contributed by atoms with Gasteiger partial charge in [-0.1, -0.05) is 22.4 Å². The van der Waals surface area contributed by atoms with E-state index in [1.54, 1.807) is 12.1 Å². The fourth-order valence-electron chi connectivity index (χ4n) is 2.09. The zero-order valence-electron chi connectivity index (χ0n) is 10.1. The molecule has 6 heteroatoms. The van der Waals surface area contributed by atoms with Crippen molar-refractivity contribution in [3.63, 3.8) is 0 Å². The van der Waals surface area contributed by atoms with Crippen molar-refractivity contribution in [2.75, 3.05) is 6.54 Å². The molecule has 4 nitrogen and oxygen atoms in total. The lowest BCUT2D eigenvalue weighted by Crippen LogP contribution is -2.47. The molecule has 1 aliphatic carbocycles. The molecule has 1 aliphatic rings. The van der Waals surface area contributed by atoms with Crippen LogP contribution in [0.25, 0.3) is 0 Å². The molecule has 19 heavy (non-hydrogen) atoms. The molecular weight excluding hydrogens is 378 g/mol. The van der Waals surface area contributed by atoms with Crippen molar-refractivity contribution in [1.29, 1.82) is 0 Å². The quantitative estimate of drug-likeness (QED) is 0.829. The lowest BCUT2D eigenvalue weighted by Gasteiger charge is -2.37. The lowest BCUT2D eigenvalue weighted by atomic mass is 9.69. The highest BCUT2D eigenvalue weighted by Crippen LogP contribution is 2.40. The SMILES string of the molecule is O=C(NCC1(C(=O)O)CCC1)c1cc(Br)ccc1Br. The first-order chi connectivity index (χ1) is 8.94. The standard InChI is InChI=1S/C13H13Br2NO3/c14-8-2-3-10(15)9(6-8)11(17)16-7-13(12(18)19)4-1-5-13/h2-3,6H,1,4-5,7H2,(H,16,17)(H,18,19). The number of nitrogens with one attached hydrogen (secondary N) is 1. The van der Waals surface area contributed by atoms with Crippen LogP contribution in [-0.4, -0.2) is 23.5 Å². The van der Waals surface area contributed by atoms with Gasteiger partial charge in [-0.25, -0.2) is 0 Å². The van der Waals surface area contributed by atoms with Crippen molar-refractivity contribution in [3.8, 4) is 0 Å². The van der Waals surface area contributed by atoms with Gasteiger partial charge in [0.2, 0.25) is 0 Å². The van der Waals surface area contributed by atoms with Gasteiger partial charge in [0, 0.05) is 15.5 Å². The Labute approximate surface area is 127 Å². The molecule has 0 aromatic heterocycles. The Morgan fingerprint density at radius 3 is 2.53 bits per heavy atom. The molecule has 0 bridgehead atoms. The number of carboxylic acids is 1. The molecule has 0 saturated heterocycles. The van der Waals surface area contributed by atoms with Crippen molar-refractivity contribution >= 4 is 43.7 Å². The summed E-state index contributed by atoms with van der Waals surface area (Å²) in [4.78, 5) is 23.3. The number of halogens is 2. The molecule has 0 heterocycles. The van der Waals surface area contributed by atoms with Gasteiger partial charge in [0.25, 0.3) is 5.91 Å². The number of carboxylic acid groups (broad SMARTS) is 1. The lowest BCUT2D eigenvalue weighted by molar-refractivity contribution is -0.153. The second-order valence-electron chi connectivity index (χ2n) is 4.75. The van der Waals surface area contributed by atoms with E-state index in [1.165, 1.54) is 0 Å². The van der Waals surface area contributed by atoms with Gasteiger partial charge >= 0.3 is 5.97 Å². The van der Waals surface area contributed by atoms with E-state index < -0.39 is 11.4 Å². The second-order valence-corrected chi connectivity index (χ2v) is 6.52. The summed E-state index contributed by atoms with van der Waals surface area (Å²) in [6.07, 6.45) is 2.16. The van der Waals surface area contributed by atoms with Gasteiger partial charge in [-0.05, 0) is 47.0 Å². The summed E-state index contributed by atoms with van der Waals surface area (Å²) < 4.78 is 1.49. The normalized spacial score (nSPS) is 16.5. The van der Waals surface area contributed by atoms with Crippen LogP contribution < -0.4 is 5.32 Å². The molecule has 1 saturated carbocycles. The maximum Gasteiger partial charge on any atom is 0.311 e. The van der Waals surface area contributed by atoms with Gasteiger partial charge < -0.3 is 10.4 Å². The Morgan fingerprint density at radius 2 is 2.00 bits per heavy atom. The number of carbonyl (C=O) groups is 2. The summed E-state index contributed by atoms with van der Waals surface area (Å²) in [5, 5.41) is 11.9. The van der Waals surface area contributed by atoms with Gasteiger partial charge in [0.05, 0.1) is 11.0 Å². The highest BCUT2D eigenvalue weighted by Gasteiger charge is 2.44. The number of amides is 1. The monoisotopic (exact) mass is 389 g/mol. The van der Waals surface area contributed by atoms with Crippen molar-refractivity contribution in [3.05, 3.63) is 32.7 Å². The van der Waals surface area contributed by atoms with Gasteiger partial charge in [-0.3, -0.25) is 9.59 Å². The summed E-state index contributed by atoms with van der Waals surface area (Å²) >= 11 is 6.62. The zero-order chi connectivity index (χ0) is 14.0. The van der Waals surface area contributed by atoms with E-state index in [2.05, 4.69) is 37.2 Å². The van der Waals surface area contributed by atoms with E-state index in [9.17, 15) is 14.7 Å². The zero-order valence-corrected chi connectivity index (χ0v) is 13.3. The Balaban J connectivity index is 2.05. The van der Waals surface area contributed by atoms with Crippen LogP contribution >= 0.6 is 31.9 Å². The summed E-state index contributed by atoms with van der Waals surface area (Å²) in [7, 11) is 0. The van der Waals surface area contributed by atoms with Crippen LogP contribution in [0.4, 0.5) is 0 Å². The van der Waals surface area contributed by atoms with Gasteiger partial charge in [-0.2, -0.15) is 0 Å². The molecule has 102 valence electrons. The van der Waals surface area contributed by atoms with E-state index in [1.807, 2.05) is 6.07 Å². The van der Waals surface area contributed by atoms with Gasteiger partial charge in [0.15, 0.2) is 0 Å². The van der Waals surface area contributed by atoms with E-state index in [0.29, 0.717) is 22.9 Å². The molecule has 0 aliphatic heterocycles. The fourth-order valence-corrected chi connectivity index (χ4v) is 2.87. The Hall–Kier alpha value is -0.880. The number of rotatable bonds is 4. The van der Waals surface area contributed by atoms with Crippen molar-refractivity contribution in [1.82, 2.24) is 5.32 Å². The van der Waals surface area contributed by atoms with E-state index >= 15 is 0 Å². The highest BCUT2D eigenvalue weighted by molar-refractivity contribution is 9.11. The largest absolute Gasteiger partial charge is 0.481 e. The van der Waals surface area contributed by atoms with E-state index in [4.69, 9.17) is 0 Å². The van der Waals surface area contributed by atoms with Crippen LogP contribution in [0.1, 0.15) is 29.6 Å². The number of hydrogen-bond donors (Lipinski definition) is 2. The summed E-state index contributed by atoms with van der Waals surface area (Å²) in [6, 6.07) is 5.30. The van der Waals surface area contributed by atoms with Crippen molar-refractivity contribution in [2.24, 2.45) is 5.41 Å². The predicted molar refractivity (Wildman–Crippen MR) is 78.1 cm³/mol. The molecule has 0 atom stereocenters. The molecule has 1 amide bonds. The Bertz CT molecular complexity index is 527. The molecule has 2 N–H and O–H groups in total. The first-order valence-corrected chi connectivity index (χ1v) is 7.50. The summed E-state index contributed by atoms with van der Waals surface area (Å²) in [5.41, 5.74) is -0.275. The van der Waals surface area contributed by atoms with Crippen molar-refractivity contribution in [2.45, 2.75) is 19.3 Å². The molecule has 0 unspecified atom stereocenters. The average Bonchev–Trinajstić information content (AvgIpc) is 2.30. The molecule has 0 spiro atoms. The van der Waals surface area contributed by atoms with E-state index in [-0.39, 0.29) is 12.5 Å². The van der Waals surface area contributed by atoms with Crippen LogP contribution in [0.15, 0.2) is 27.1 Å². The highest BCUT2D eigenvalue weighted by atomic mass is 79.9. The predicted octanol–water partition coefficient (Wildman–Crippen LogP) is 3.20. The Morgan fingerprint density at radius 1 is 1.32 bits per heavy atom. The van der Waals surface area contributed by atoms with Gasteiger partial charge in [-0.15, -0.1) is 0 Å². The average molecular weight is 391 g/mol. The molecular formula is C13H13Br2NO3. The molecule has 2 rings (SSSR count). The smallest absolute Gasteiger partial charge is 0.311 e. The third-order valence-corrected chi connectivity index (χ3v) is 4.71. The maximum atomic E-state index is 12.1. The third kappa shape index (κ3) is 3.00. The van der Waals surface area contributed by atoms with Crippen LogP contribution in [-0.2, 0) is 4.79 Å². The maximum absolute atomic E-state index is 12.1. The van der Waals surface area contributed by atoms with Crippen LogP contribution in [0.3, 0.4) is 0 Å².